The van der Waals surface area contributed by atoms with E-state index in [0.717, 1.165) is 13.1 Å². The van der Waals surface area contributed by atoms with Gasteiger partial charge < -0.3 is 15.1 Å². The Bertz CT molecular complexity index is 410. The lowest BCUT2D eigenvalue weighted by Crippen LogP contribution is -2.49. The topological polar surface area (TPSA) is 60.8 Å². The highest BCUT2D eigenvalue weighted by Crippen LogP contribution is 2.36. The van der Waals surface area contributed by atoms with Crippen LogP contribution in [0.3, 0.4) is 0 Å². The van der Waals surface area contributed by atoms with E-state index in [0.29, 0.717) is 18.4 Å². The highest BCUT2D eigenvalue weighted by molar-refractivity contribution is 5.77. The summed E-state index contributed by atoms with van der Waals surface area (Å²) in [5, 5.41) is 20.1. The number of hydrogen-bond donors (Lipinski definition) is 2. The van der Waals surface area contributed by atoms with Crippen molar-refractivity contribution in [3.8, 4) is 0 Å². The summed E-state index contributed by atoms with van der Waals surface area (Å²) < 4.78 is 0. The van der Waals surface area contributed by atoms with E-state index in [2.05, 4.69) is 4.90 Å². The first-order chi connectivity index (χ1) is 8.53. The van der Waals surface area contributed by atoms with Crippen LogP contribution in [-0.4, -0.2) is 46.8 Å². The standard InChI is InChI=1S/C14H19NO3/c1-15-9-7-14(18,8-10-15)12(13(16)17)11-5-3-2-4-6-11/h2-6,12,18H,7-10H2,1H3,(H,16,17). The van der Waals surface area contributed by atoms with Crippen LogP contribution in [0.1, 0.15) is 24.3 Å². The molecule has 0 saturated carbocycles. The molecule has 0 amide bonds. The van der Waals surface area contributed by atoms with Gasteiger partial charge in [0, 0.05) is 13.1 Å². The molecule has 4 nitrogen and oxygen atoms in total. The average molecular weight is 249 g/mol. The van der Waals surface area contributed by atoms with Crippen molar-refractivity contribution in [2.75, 3.05) is 20.1 Å². The summed E-state index contributed by atoms with van der Waals surface area (Å²) in [5.41, 5.74) is -0.461. The van der Waals surface area contributed by atoms with E-state index >= 15 is 0 Å². The minimum atomic E-state index is -1.14. The molecule has 4 heteroatoms. The molecule has 0 aliphatic carbocycles. The molecule has 1 aliphatic heterocycles. The molecule has 0 radical (unpaired) electrons. The molecule has 0 bridgehead atoms. The maximum atomic E-state index is 11.5. The van der Waals surface area contributed by atoms with Crippen molar-refractivity contribution in [3.05, 3.63) is 35.9 Å². The number of aliphatic carboxylic acids is 1. The van der Waals surface area contributed by atoms with Crippen LogP contribution < -0.4 is 0 Å². The van der Waals surface area contributed by atoms with Crippen molar-refractivity contribution in [1.82, 2.24) is 4.90 Å². The maximum absolute atomic E-state index is 11.5. The number of likely N-dealkylation sites (tertiary alicyclic amines) is 1. The van der Waals surface area contributed by atoms with Gasteiger partial charge in [0.05, 0.1) is 5.60 Å². The lowest BCUT2D eigenvalue weighted by molar-refractivity contribution is -0.148. The fourth-order valence-electron chi connectivity index (χ4n) is 2.62. The number of hydrogen-bond acceptors (Lipinski definition) is 3. The maximum Gasteiger partial charge on any atom is 0.313 e. The quantitative estimate of drug-likeness (QED) is 0.848. The first-order valence-corrected chi connectivity index (χ1v) is 6.21. The molecule has 0 spiro atoms. The van der Waals surface area contributed by atoms with Crippen LogP contribution in [0.5, 0.6) is 0 Å². The van der Waals surface area contributed by atoms with Gasteiger partial charge in [-0.25, -0.2) is 0 Å². The van der Waals surface area contributed by atoms with Crippen LogP contribution in [0, 0.1) is 0 Å². The number of nitrogens with zero attached hydrogens (tertiary/aromatic N) is 1. The van der Waals surface area contributed by atoms with Gasteiger partial charge in [0.15, 0.2) is 0 Å². The Balaban J connectivity index is 2.28. The van der Waals surface area contributed by atoms with Gasteiger partial charge in [-0.2, -0.15) is 0 Å². The van der Waals surface area contributed by atoms with E-state index < -0.39 is 17.5 Å². The Morgan fingerprint density at radius 2 is 1.83 bits per heavy atom. The highest BCUT2D eigenvalue weighted by atomic mass is 16.4. The van der Waals surface area contributed by atoms with Gasteiger partial charge >= 0.3 is 5.97 Å². The van der Waals surface area contributed by atoms with Crippen molar-refractivity contribution in [2.45, 2.75) is 24.4 Å². The Morgan fingerprint density at radius 3 is 2.33 bits per heavy atom. The average Bonchev–Trinajstić information content (AvgIpc) is 2.34. The second-order valence-electron chi connectivity index (χ2n) is 5.09. The molecule has 1 atom stereocenters. The predicted octanol–water partition coefficient (Wildman–Crippen LogP) is 1.31. The Hall–Kier alpha value is -1.39. The van der Waals surface area contributed by atoms with Crippen LogP contribution in [0.25, 0.3) is 0 Å². The monoisotopic (exact) mass is 249 g/mol. The highest BCUT2D eigenvalue weighted by Gasteiger charge is 2.44. The molecule has 2 rings (SSSR count). The largest absolute Gasteiger partial charge is 0.481 e. The molecule has 1 aromatic rings. The molecule has 1 fully saturated rings. The summed E-state index contributed by atoms with van der Waals surface area (Å²) in [6, 6.07) is 9.01. The van der Waals surface area contributed by atoms with Crippen molar-refractivity contribution in [2.24, 2.45) is 0 Å². The third kappa shape index (κ3) is 2.54. The predicted molar refractivity (Wildman–Crippen MR) is 68.5 cm³/mol. The molecule has 1 heterocycles. The molecular formula is C14H19NO3. The van der Waals surface area contributed by atoms with Crippen molar-refractivity contribution >= 4 is 5.97 Å². The van der Waals surface area contributed by atoms with E-state index in [9.17, 15) is 15.0 Å². The van der Waals surface area contributed by atoms with Crippen LogP contribution >= 0.6 is 0 Å². The summed E-state index contributed by atoms with van der Waals surface area (Å²) in [5.74, 6) is -1.79. The molecule has 2 N–H and O–H groups in total. The molecule has 1 saturated heterocycles. The third-order valence-electron chi connectivity index (χ3n) is 3.77. The number of benzene rings is 1. The summed E-state index contributed by atoms with van der Waals surface area (Å²) in [6.45, 7) is 1.46. The summed E-state index contributed by atoms with van der Waals surface area (Å²) in [4.78, 5) is 13.6. The lowest BCUT2D eigenvalue weighted by atomic mass is 9.76. The van der Waals surface area contributed by atoms with Gasteiger partial charge in [-0.1, -0.05) is 30.3 Å². The smallest absolute Gasteiger partial charge is 0.313 e. The van der Waals surface area contributed by atoms with E-state index in [1.165, 1.54) is 0 Å². The minimum Gasteiger partial charge on any atom is -0.481 e. The number of piperidine rings is 1. The van der Waals surface area contributed by atoms with Crippen molar-refractivity contribution in [3.63, 3.8) is 0 Å². The minimum absolute atomic E-state index is 0.495. The van der Waals surface area contributed by atoms with Crippen molar-refractivity contribution in [1.29, 1.82) is 0 Å². The summed E-state index contributed by atoms with van der Waals surface area (Å²) in [7, 11) is 1.98. The zero-order valence-electron chi connectivity index (χ0n) is 10.5. The SMILES string of the molecule is CN1CCC(O)(C(C(=O)O)c2ccccc2)CC1. The number of carboxylic acid groups (broad SMARTS) is 1. The number of rotatable bonds is 3. The van der Waals surface area contributed by atoms with Gasteiger partial charge in [-0.15, -0.1) is 0 Å². The van der Waals surface area contributed by atoms with Gasteiger partial charge in [0.25, 0.3) is 0 Å². The van der Waals surface area contributed by atoms with Crippen LogP contribution in [0.4, 0.5) is 0 Å². The first-order valence-electron chi connectivity index (χ1n) is 6.21. The Labute approximate surface area is 107 Å². The lowest BCUT2D eigenvalue weighted by Gasteiger charge is -2.40. The zero-order chi connectivity index (χ0) is 13.2. The first kappa shape index (κ1) is 13.1. The molecule has 1 aliphatic rings. The fourth-order valence-corrected chi connectivity index (χ4v) is 2.62. The van der Waals surface area contributed by atoms with Crippen molar-refractivity contribution < 1.29 is 15.0 Å². The summed E-state index contributed by atoms with van der Waals surface area (Å²) >= 11 is 0. The molecule has 98 valence electrons. The van der Waals surface area contributed by atoms with Crippen LogP contribution in [0.2, 0.25) is 0 Å². The van der Waals surface area contributed by atoms with Gasteiger partial charge in [-0.3, -0.25) is 4.79 Å². The van der Waals surface area contributed by atoms with E-state index in [-0.39, 0.29) is 0 Å². The zero-order valence-corrected chi connectivity index (χ0v) is 10.5. The summed E-state index contributed by atoms with van der Waals surface area (Å²) in [6.07, 6.45) is 0.991. The van der Waals surface area contributed by atoms with Crippen LogP contribution in [-0.2, 0) is 4.79 Å². The number of aliphatic hydroxyl groups is 1. The van der Waals surface area contributed by atoms with Gasteiger partial charge in [0.1, 0.15) is 5.92 Å². The van der Waals surface area contributed by atoms with E-state index in [4.69, 9.17) is 0 Å². The Kier molecular flexibility index (Phi) is 3.68. The number of carbonyl (C=O) groups is 1. The second kappa shape index (κ2) is 5.08. The molecule has 0 aromatic heterocycles. The Morgan fingerprint density at radius 1 is 1.28 bits per heavy atom. The van der Waals surface area contributed by atoms with Gasteiger partial charge in [0.2, 0.25) is 0 Å². The van der Waals surface area contributed by atoms with E-state index in [1.54, 1.807) is 12.1 Å². The second-order valence-corrected chi connectivity index (χ2v) is 5.09. The van der Waals surface area contributed by atoms with Crippen LogP contribution in [0.15, 0.2) is 30.3 Å². The van der Waals surface area contributed by atoms with E-state index in [1.807, 2.05) is 25.2 Å². The normalized spacial score (nSPS) is 21.4. The fraction of sp³-hybridized carbons (Fsp3) is 0.500. The third-order valence-corrected chi connectivity index (χ3v) is 3.77. The van der Waals surface area contributed by atoms with Gasteiger partial charge in [-0.05, 0) is 25.5 Å². The molecule has 18 heavy (non-hydrogen) atoms. The molecular weight excluding hydrogens is 230 g/mol. The molecule has 1 unspecified atom stereocenters. The molecule has 1 aromatic carbocycles. The number of carboxylic acids is 1.